The lowest BCUT2D eigenvalue weighted by atomic mass is 9.90. The van der Waals surface area contributed by atoms with Crippen molar-refractivity contribution in [1.29, 1.82) is 0 Å². The molecule has 0 heterocycles. The van der Waals surface area contributed by atoms with Crippen molar-refractivity contribution in [3.05, 3.63) is 29.8 Å². The fourth-order valence-electron chi connectivity index (χ4n) is 2.32. The third kappa shape index (κ3) is 2.99. The molecule has 3 heteroatoms. The van der Waals surface area contributed by atoms with E-state index < -0.39 is 5.60 Å². The molecule has 0 bridgehead atoms. The van der Waals surface area contributed by atoms with Gasteiger partial charge in [0.2, 0.25) is 0 Å². The number of ether oxygens (including phenoxy) is 2. The van der Waals surface area contributed by atoms with Crippen molar-refractivity contribution in [3.8, 4) is 5.75 Å². The van der Waals surface area contributed by atoms with Crippen LogP contribution >= 0.6 is 0 Å². The van der Waals surface area contributed by atoms with Crippen molar-refractivity contribution < 1.29 is 14.6 Å². The lowest BCUT2D eigenvalue weighted by Gasteiger charge is -2.27. The van der Waals surface area contributed by atoms with Crippen LogP contribution in [0.25, 0.3) is 0 Å². The molecule has 17 heavy (non-hydrogen) atoms. The smallest absolute Gasteiger partial charge is 0.119 e. The van der Waals surface area contributed by atoms with E-state index in [-0.39, 0.29) is 0 Å². The van der Waals surface area contributed by atoms with Crippen molar-refractivity contribution >= 4 is 0 Å². The van der Waals surface area contributed by atoms with Crippen molar-refractivity contribution in [1.82, 2.24) is 0 Å². The van der Waals surface area contributed by atoms with Crippen LogP contribution in [0.1, 0.15) is 18.4 Å². The molecule has 1 aliphatic carbocycles. The van der Waals surface area contributed by atoms with E-state index in [2.05, 4.69) is 0 Å². The number of hydrogen-bond acceptors (Lipinski definition) is 3. The molecule has 1 fully saturated rings. The second-order valence-electron chi connectivity index (χ2n) is 4.84. The fraction of sp³-hybridized carbons (Fsp3) is 0.571. The quantitative estimate of drug-likeness (QED) is 0.821. The van der Waals surface area contributed by atoms with Gasteiger partial charge in [-0.2, -0.15) is 0 Å². The van der Waals surface area contributed by atoms with E-state index in [0.717, 1.165) is 24.2 Å². The standard InChI is InChI=1S/C14H20O3/c1-16-10-14(15,12-6-7-12)9-11-4-3-5-13(8-11)17-2/h3-5,8,12,15H,6-7,9-10H2,1-2H3. The fourth-order valence-corrected chi connectivity index (χ4v) is 2.32. The molecule has 1 N–H and O–H groups in total. The topological polar surface area (TPSA) is 38.7 Å². The van der Waals surface area contributed by atoms with Crippen LogP contribution in [0.15, 0.2) is 24.3 Å². The molecule has 0 saturated heterocycles. The number of hydrogen-bond donors (Lipinski definition) is 1. The average molecular weight is 236 g/mol. The first-order chi connectivity index (χ1) is 8.18. The highest BCUT2D eigenvalue weighted by molar-refractivity contribution is 5.29. The van der Waals surface area contributed by atoms with Crippen molar-refractivity contribution in [2.24, 2.45) is 5.92 Å². The zero-order valence-corrected chi connectivity index (χ0v) is 10.5. The third-order valence-electron chi connectivity index (χ3n) is 3.38. The van der Waals surface area contributed by atoms with E-state index in [9.17, 15) is 5.11 Å². The van der Waals surface area contributed by atoms with E-state index in [0.29, 0.717) is 18.9 Å². The van der Waals surface area contributed by atoms with Crippen LogP contribution in [0.5, 0.6) is 5.75 Å². The molecule has 0 aromatic heterocycles. The van der Waals surface area contributed by atoms with Gasteiger partial charge in [-0.05, 0) is 36.5 Å². The van der Waals surface area contributed by atoms with Gasteiger partial charge in [-0.1, -0.05) is 12.1 Å². The molecule has 0 spiro atoms. The predicted molar refractivity (Wildman–Crippen MR) is 66.2 cm³/mol. The maximum Gasteiger partial charge on any atom is 0.119 e. The maximum absolute atomic E-state index is 10.6. The van der Waals surface area contributed by atoms with E-state index in [4.69, 9.17) is 9.47 Å². The number of benzene rings is 1. The zero-order chi connectivity index (χ0) is 12.3. The molecule has 1 aliphatic rings. The maximum atomic E-state index is 10.6. The molecule has 0 aliphatic heterocycles. The summed E-state index contributed by atoms with van der Waals surface area (Å²) in [6, 6.07) is 7.86. The molecule has 2 rings (SSSR count). The summed E-state index contributed by atoms with van der Waals surface area (Å²) in [5.41, 5.74) is 0.372. The van der Waals surface area contributed by atoms with Crippen molar-refractivity contribution in [2.45, 2.75) is 24.9 Å². The molecular formula is C14H20O3. The minimum atomic E-state index is -0.721. The zero-order valence-electron chi connectivity index (χ0n) is 10.5. The Hall–Kier alpha value is -1.06. The Morgan fingerprint density at radius 3 is 2.71 bits per heavy atom. The number of methoxy groups -OCH3 is 2. The Balaban J connectivity index is 2.11. The van der Waals surface area contributed by atoms with Crippen molar-refractivity contribution in [2.75, 3.05) is 20.8 Å². The summed E-state index contributed by atoms with van der Waals surface area (Å²) in [6.07, 6.45) is 2.83. The summed E-state index contributed by atoms with van der Waals surface area (Å²) in [7, 11) is 3.29. The molecule has 0 radical (unpaired) electrons. The second kappa shape index (κ2) is 5.07. The van der Waals surface area contributed by atoms with E-state index in [1.54, 1.807) is 14.2 Å². The summed E-state index contributed by atoms with van der Waals surface area (Å²) in [5.74, 6) is 1.21. The van der Waals surface area contributed by atoms with Gasteiger partial charge in [0, 0.05) is 13.5 Å². The molecule has 1 aromatic carbocycles. The van der Waals surface area contributed by atoms with Crippen LogP contribution in [-0.4, -0.2) is 31.5 Å². The van der Waals surface area contributed by atoms with Gasteiger partial charge < -0.3 is 14.6 Å². The minimum Gasteiger partial charge on any atom is -0.497 e. The molecule has 1 saturated carbocycles. The molecule has 94 valence electrons. The largest absolute Gasteiger partial charge is 0.497 e. The molecular weight excluding hydrogens is 216 g/mol. The van der Waals surface area contributed by atoms with Gasteiger partial charge in [-0.3, -0.25) is 0 Å². The predicted octanol–water partition coefficient (Wildman–Crippen LogP) is 2.03. The van der Waals surface area contributed by atoms with E-state index in [1.165, 1.54) is 0 Å². The lowest BCUT2D eigenvalue weighted by molar-refractivity contribution is -0.0474. The first kappa shape index (κ1) is 12.4. The van der Waals surface area contributed by atoms with Gasteiger partial charge in [-0.25, -0.2) is 0 Å². The van der Waals surface area contributed by atoms with Crippen molar-refractivity contribution in [3.63, 3.8) is 0 Å². The number of rotatable bonds is 6. The van der Waals surface area contributed by atoms with Crippen LogP contribution in [0.2, 0.25) is 0 Å². The normalized spacial score (nSPS) is 18.8. The van der Waals surface area contributed by atoms with Crippen LogP contribution < -0.4 is 4.74 Å². The first-order valence-electron chi connectivity index (χ1n) is 6.02. The number of aliphatic hydroxyl groups is 1. The summed E-state index contributed by atoms with van der Waals surface area (Å²) in [4.78, 5) is 0. The monoisotopic (exact) mass is 236 g/mol. The average Bonchev–Trinajstić information content (AvgIpc) is 3.13. The van der Waals surface area contributed by atoms with Gasteiger partial charge in [-0.15, -0.1) is 0 Å². The Morgan fingerprint density at radius 1 is 1.35 bits per heavy atom. The highest BCUT2D eigenvalue weighted by atomic mass is 16.5. The Morgan fingerprint density at radius 2 is 2.12 bits per heavy atom. The van der Waals surface area contributed by atoms with Gasteiger partial charge in [0.15, 0.2) is 0 Å². The Bertz CT molecular complexity index is 373. The highest BCUT2D eigenvalue weighted by Gasteiger charge is 2.43. The summed E-state index contributed by atoms with van der Waals surface area (Å²) >= 11 is 0. The van der Waals surface area contributed by atoms with Gasteiger partial charge in [0.1, 0.15) is 5.75 Å². The second-order valence-corrected chi connectivity index (χ2v) is 4.84. The minimum absolute atomic E-state index is 0.383. The van der Waals surface area contributed by atoms with Crippen LogP contribution in [0.3, 0.4) is 0 Å². The van der Waals surface area contributed by atoms with Crippen LogP contribution in [0.4, 0.5) is 0 Å². The van der Waals surface area contributed by atoms with Crippen LogP contribution in [-0.2, 0) is 11.2 Å². The van der Waals surface area contributed by atoms with Gasteiger partial charge in [0.25, 0.3) is 0 Å². The molecule has 1 unspecified atom stereocenters. The molecule has 1 atom stereocenters. The Labute approximate surface area is 102 Å². The SMILES string of the molecule is COCC(O)(Cc1cccc(OC)c1)C1CC1. The van der Waals surface area contributed by atoms with Gasteiger partial charge in [0.05, 0.1) is 19.3 Å². The molecule has 0 amide bonds. The van der Waals surface area contributed by atoms with Crippen LogP contribution in [0, 0.1) is 5.92 Å². The summed E-state index contributed by atoms with van der Waals surface area (Å²) in [6.45, 7) is 0.398. The third-order valence-corrected chi connectivity index (χ3v) is 3.38. The van der Waals surface area contributed by atoms with E-state index in [1.807, 2.05) is 24.3 Å². The van der Waals surface area contributed by atoms with E-state index >= 15 is 0 Å². The molecule has 1 aromatic rings. The Kier molecular flexibility index (Phi) is 3.69. The van der Waals surface area contributed by atoms with Gasteiger partial charge >= 0.3 is 0 Å². The summed E-state index contributed by atoms with van der Waals surface area (Å²) in [5, 5.41) is 10.6. The first-order valence-corrected chi connectivity index (χ1v) is 6.02. The lowest BCUT2D eigenvalue weighted by Crippen LogP contribution is -2.39. The highest BCUT2D eigenvalue weighted by Crippen LogP contribution is 2.41. The molecule has 3 nitrogen and oxygen atoms in total. The summed E-state index contributed by atoms with van der Waals surface area (Å²) < 4.78 is 10.3.